The topological polar surface area (TPSA) is 42.0 Å². The summed E-state index contributed by atoms with van der Waals surface area (Å²) in [5.74, 6) is 0.0690. The molecule has 0 spiro atoms. The molecule has 1 heterocycles. The van der Waals surface area contributed by atoms with E-state index in [1.165, 1.54) is 6.20 Å². The number of nitrogens with zero attached hydrogens (tertiary/aromatic N) is 1. The molecule has 0 bridgehead atoms. The fourth-order valence-electron chi connectivity index (χ4n) is 0.812. The molecule has 0 aromatic carbocycles. The summed E-state index contributed by atoms with van der Waals surface area (Å²) in [6, 6.07) is 3.34. The lowest BCUT2D eigenvalue weighted by Gasteiger charge is -2.03. The van der Waals surface area contributed by atoms with Crippen LogP contribution in [0.3, 0.4) is 0 Å². The summed E-state index contributed by atoms with van der Waals surface area (Å²) in [6.07, 6.45) is 3.50. The fourth-order valence-corrected chi connectivity index (χ4v) is 0.812. The van der Waals surface area contributed by atoms with Crippen molar-refractivity contribution >= 4 is 0 Å². The Labute approximate surface area is 72.0 Å². The highest BCUT2D eigenvalue weighted by Gasteiger charge is 2.02. The van der Waals surface area contributed by atoms with Gasteiger partial charge in [-0.3, -0.25) is 5.11 Å². The number of rotatable bonds is 4. The summed E-state index contributed by atoms with van der Waals surface area (Å²) in [4.78, 5) is 3.58. The highest BCUT2D eigenvalue weighted by Crippen LogP contribution is 2.21. The van der Waals surface area contributed by atoms with E-state index in [1.807, 2.05) is 0 Å². The predicted octanol–water partition coefficient (Wildman–Crippen LogP) is 2.40. The Hall–Kier alpha value is -1.25. The molecule has 0 aliphatic carbocycles. The monoisotopic (exact) mass is 166 g/mol. The number of hydrogen-bond acceptors (Lipinski definition) is 2. The molecule has 65 valence electrons. The fraction of sp³-hybridized carbons (Fsp3) is 0.444. The van der Waals surface area contributed by atoms with Crippen LogP contribution >= 0.6 is 0 Å². The number of aromatic nitrogens is 1. The van der Waals surface area contributed by atoms with Gasteiger partial charge >= 0.3 is 5.88 Å². The van der Waals surface area contributed by atoms with Crippen molar-refractivity contribution in [1.82, 2.24) is 4.98 Å². The molecule has 0 saturated heterocycles. The van der Waals surface area contributed by atoms with Crippen LogP contribution in [0.1, 0.15) is 19.8 Å². The van der Waals surface area contributed by atoms with Gasteiger partial charge < -0.3 is 4.74 Å². The molecule has 1 aromatic rings. The first-order valence-corrected chi connectivity index (χ1v) is 4.09. The smallest absolute Gasteiger partial charge is 0.311 e. The molecule has 1 radical (unpaired) electrons. The predicted molar refractivity (Wildman–Crippen MR) is 44.8 cm³/mol. The molecule has 0 saturated carbocycles. The van der Waals surface area contributed by atoms with Gasteiger partial charge in [-0.2, -0.15) is 0 Å². The Morgan fingerprint density at radius 2 is 2.42 bits per heavy atom. The molecular weight excluding hydrogens is 154 g/mol. The zero-order valence-electron chi connectivity index (χ0n) is 7.12. The van der Waals surface area contributed by atoms with Crippen LogP contribution in [0.2, 0.25) is 0 Å². The van der Waals surface area contributed by atoms with Gasteiger partial charge in [0.15, 0.2) is 5.75 Å². The third-order valence-electron chi connectivity index (χ3n) is 1.49. The Morgan fingerprint density at radius 1 is 1.58 bits per heavy atom. The standard InChI is InChI=1S/C9H12NO2/c1-2-3-7-12-8-5-4-6-10-9(8)11/h4-6H,2-3,7H2,1H3. The maximum Gasteiger partial charge on any atom is 0.311 e. The van der Waals surface area contributed by atoms with E-state index in [0.717, 1.165) is 12.8 Å². The van der Waals surface area contributed by atoms with Crippen molar-refractivity contribution < 1.29 is 9.84 Å². The molecule has 3 heteroatoms. The second-order valence-electron chi connectivity index (χ2n) is 2.51. The molecular formula is C9H12NO2. The summed E-state index contributed by atoms with van der Waals surface area (Å²) >= 11 is 0. The van der Waals surface area contributed by atoms with Crippen molar-refractivity contribution in [3.8, 4) is 11.6 Å². The summed E-state index contributed by atoms with van der Waals surface area (Å²) < 4.78 is 5.20. The summed E-state index contributed by atoms with van der Waals surface area (Å²) in [5.41, 5.74) is 0. The molecule has 0 atom stereocenters. The van der Waals surface area contributed by atoms with Crippen molar-refractivity contribution in [3.05, 3.63) is 18.3 Å². The van der Waals surface area contributed by atoms with Gasteiger partial charge in [-0.25, -0.2) is 4.98 Å². The minimum atomic E-state index is -0.284. The summed E-state index contributed by atoms with van der Waals surface area (Å²) in [7, 11) is 0. The van der Waals surface area contributed by atoms with Crippen molar-refractivity contribution in [2.24, 2.45) is 0 Å². The third-order valence-corrected chi connectivity index (χ3v) is 1.49. The highest BCUT2D eigenvalue weighted by atomic mass is 16.5. The van der Waals surface area contributed by atoms with E-state index in [9.17, 15) is 5.11 Å². The minimum absolute atomic E-state index is 0.284. The third kappa shape index (κ3) is 2.42. The number of pyridine rings is 1. The Balaban J connectivity index is 2.46. The van der Waals surface area contributed by atoms with E-state index in [2.05, 4.69) is 11.9 Å². The van der Waals surface area contributed by atoms with Crippen LogP contribution in [0, 0.1) is 0 Å². The number of hydrogen-bond donors (Lipinski definition) is 0. The molecule has 0 unspecified atom stereocenters. The number of unbranched alkanes of at least 4 members (excludes halogenated alkanes) is 1. The van der Waals surface area contributed by atoms with Crippen LogP contribution in [0.5, 0.6) is 11.6 Å². The Morgan fingerprint density at radius 3 is 3.08 bits per heavy atom. The Kier molecular flexibility index (Phi) is 3.38. The van der Waals surface area contributed by atoms with E-state index in [-0.39, 0.29) is 5.88 Å². The van der Waals surface area contributed by atoms with Gasteiger partial charge in [0.1, 0.15) is 0 Å². The van der Waals surface area contributed by atoms with Crippen LogP contribution in [-0.4, -0.2) is 11.6 Å². The van der Waals surface area contributed by atoms with Gasteiger partial charge in [0, 0.05) is 6.20 Å². The second kappa shape index (κ2) is 4.59. The first kappa shape index (κ1) is 8.84. The lowest BCUT2D eigenvalue weighted by Crippen LogP contribution is -1.96. The van der Waals surface area contributed by atoms with Crippen molar-refractivity contribution in [1.29, 1.82) is 0 Å². The average molecular weight is 166 g/mol. The van der Waals surface area contributed by atoms with Gasteiger partial charge in [-0.15, -0.1) is 0 Å². The van der Waals surface area contributed by atoms with E-state index in [4.69, 9.17) is 4.74 Å². The molecule has 0 aliphatic heterocycles. The quantitative estimate of drug-likeness (QED) is 0.644. The van der Waals surface area contributed by atoms with E-state index in [1.54, 1.807) is 12.1 Å². The zero-order valence-corrected chi connectivity index (χ0v) is 7.12. The van der Waals surface area contributed by atoms with Gasteiger partial charge in [0.05, 0.1) is 6.61 Å². The zero-order chi connectivity index (χ0) is 8.81. The summed E-state index contributed by atoms with van der Waals surface area (Å²) in [5, 5.41) is 11.0. The average Bonchev–Trinajstić information content (AvgIpc) is 2.09. The minimum Gasteiger partial charge on any atom is -0.488 e. The lowest BCUT2D eigenvalue weighted by atomic mass is 10.3. The summed E-state index contributed by atoms with van der Waals surface area (Å²) in [6.45, 7) is 2.67. The largest absolute Gasteiger partial charge is 0.488 e. The molecule has 1 aromatic heterocycles. The van der Waals surface area contributed by atoms with Crippen molar-refractivity contribution in [2.75, 3.05) is 6.61 Å². The number of ether oxygens (including phenoxy) is 1. The SMILES string of the molecule is CCCCOc1cccnc1[O]. The van der Waals surface area contributed by atoms with E-state index in [0.29, 0.717) is 12.4 Å². The van der Waals surface area contributed by atoms with Gasteiger partial charge in [-0.05, 0) is 18.6 Å². The van der Waals surface area contributed by atoms with Crippen LogP contribution in [0.4, 0.5) is 0 Å². The van der Waals surface area contributed by atoms with Crippen LogP contribution in [0.25, 0.3) is 0 Å². The van der Waals surface area contributed by atoms with Crippen molar-refractivity contribution in [3.63, 3.8) is 0 Å². The van der Waals surface area contributed by atoms with Crippen LogP contribution in [-0.2, 0) is 5.11 Å². The maximum atomic E-state index is 11.0. The molecule has 3 nitrogen and oxygen atoms in total. The van der Waals surface area contributed by atoms with E-state index < -0.39 is 0 Å². The lowest BCUT2D eigenvalue weighted by molar-refractivity contribution is 0.263. The normalized spacial score (nSPS) is 9.75. The highest BCUT2D eigenvalue weighted by molar-refractivity contribution is 5.30. The van der Waals surface area contributed by atoms with Crippen molar-refractivity contribution in [2.45, 2.75) is 19.8 Å². The first-order valence-electron chi connectivity index (χ1n) is 4.09. The molecule has 0 aliphatic rings. The molecule has 12 heavy (non-hydrogen) atoms. The molecule has 0 amide bonds. The first-order chi connectivity index (χ1) is 5.84. The molecule has 1 rings (SSSR count). The maximum absolute atomic E-state index is 11.0. The molecule has 0 fully saturated rings. The van der Waals surface area contributed by atoms with E-state index >= 15 is 0 Å². The Bertz CT molecular complexity index is 238. The molecule has 0 N–H and O–H groups in total. The second-order valence-corrected chi connectivity index (χ2v) is 2.51. The van der Waals surface area contributed by atoms with Crippen LogP contribution < -0.4 is 4.74 Å². The van der Waals surface area contributed by atoms with Crippen LogP contribution in [0.15, 0.2) is 18.3 Å². The van der Waals surface area contributed by atoms with Gasteiger partial charge in [-0.1, -0.05) is 13.3 Å². The van der Waals surface area contributed by atoms with Gasteiger partial charge in [0.25, 0.3) is 0 Å². The van der Waals surface area contributed by atoms with Gasteiger partial charge in [0.2, 0.25) is 0 Å².